The van der Waals surface area contributed by atoms with Crippen LogP contribution in [0.3, 0.4) is 0 Å². The number of piperidine rings is 1. The molecule has 0 spiro atoms. The van der Waals surface area contributed by atoms with E-state index in [0.29, 0.717) is 6.42 Å². The summed E-state index contributed by atoms with van der Waals surface area (Å²) >= 11 is 0. The normalized spacial score (nSPS) is 16.4. The van der Waals surface area contributed by atoms with Crippen LogP contribution in [0, 0.1) is 5.92 Å². The van der Waals surface area contributed by atoms with Gasteiger partial charge >= 0.3 is 0 Å². The van der Waals surface area contributed by atoms with E-state index in [9.17, 15) is 9.59 Å². The largest absolute Gasteiger partial charge is 0.370 e. The summed E-state index contributed by atoms with van der Waals surface area (Å²) in [6, 6.07) is 1.60. The van der Waals surface area contributed by atoms with Crippen molar-refractivity contribution in [3.63, 3.8) is 0 Å². The molecule has 0 atom stereocenters. The molecule has 1 fully saturated rings. The van der Waals surface area contributed by atoms with E-state index in [1.807, 2.05) is 6.92 Å². The van der Waals surface area contributed by atoms with Gasteiger partial charge in [-0.2, -0.15) is 5.10 Å². The number of nitrogens with zero attached hydrogens (tertiary/aromatic N) is 3. The zero-order valence-corrected chi connectivity index (χ0v) is 12.3. The molecule has 1 aliphatic rings. The maximum Gasteiger partial charge on any atom is 0.269 e. The van der Waals surface area contributed by atoms with Crippen LogP contribution in [0.4, 0.5) is 5.69 Å². The minimum Gasteiger partial charge on any atom is -0.370 e. The molecule has 0 unspecified atom stereocenters. The van der Waals surface area contributed by atoms with Gasteiger partial charge in [-0.05, 0) is 25.2 Å². The maximum atomic E-state index is 12.0. The monoisotopic (exact) mass is 277 g/mol. The highest BCUT2D eigenvalue weighted by atomic mass is 16.1. The number of carbonyl (C=O) groups excluding carboxylic acids is 1. The van der Waals surface area contributed by atoms with Crippen LogP contribution in [0.2, 0.25) is 0 Å². The zero-order valence-electron chi connectivity index (χ0n) is 12.3. The van der Waals surface area contributed by atoms with Crippen LogP contribution in [0.25, 0.3) is 0 Å². The van der Waals surface area contributed by atoms with Gasteiger partial charge in [-0.25, -0.2) is 4.68 Å². The number of hydrogen-bond donors (Lipinski definition) is 0. The van der Waals surface area contributed by atoms with Crippen molar-refractivity contribution in [3.05, 3.63) is 22.6 Å². The van der Waals surface area contributed by atoms with E-state index in [-0.39, 0.29) is 17.9 Å². The molecule has 2 heterocycles. The molecule has 0 saturated carbocycles. The third kappa shape index (κ3) is 3.68. The SMILES string of the molecule is CCCC(=O)Cn1ncc(N2CCC(C)CC2)cc1=O. The highest BCUT2D eigenvalue weighted by Gasteiger charge is 2.17. The molecular weight excluding hydrogens is 254 g/mol. The van der Waals surface area contributed by atoms with Crippen LogP contribution >= 0.6 is 0 Å². The molecule has 0 N–H and O–H groups in total. The lowest BCUT2D eigenvalue weighted by molar-refractivity contribution is -0.119. The lowest BCUT2D eigenvalue weighted by atomic mass is 9.99. The first-order valence-corrected chi connectivity index (χ1v) is 7.44. The number of hydrogen-bond acceptors (Lipinski definition) is 4. The molecule has 1 saturated heterocycles. The van der Waals surface area contributed by atoms with E-state index in [0.717, 1.165) is 44.0 Å². The summed E-state index contributed by atoms with van der Waals surface area (Å²) < 4.78 is 1.26. The molecule has 0 aliphatic carbocycles. The summed E-state index contributed by atoms with van der Waals surface area (Å²) in [5.41, 5.74) is 0.687. The van der Waals surface area contributed by atoms with Crippen LogP contribution in [-0.2, 0) is 11.3 Å². The van der Waals surface area contributed by atoms with Crippen molar-refractivity contribution in [2.24, 2.45) is 5.92 Å². The van der Waals surface area contributed by atoms with Crippen molar-refractivity contribution >= 4 is 11.5 Å². The fourth-order valence-electron chi connectivity index (χ4n) is 2.51. The fourth-order valence-corrected chi connectivity index (χ4v) is 2.51. The first-order valence-electron chi connectivity index (χ1n) is 7.44. The lowest BCUT2D eigenvalue weighted by Crippen LogP contribution is -2.35. The van der Waals surface area contributed by atoms with Crippen molar-refractivity contribution in [2.45, 2.75) is 46.1 Å². The van der Waals surface area contributed by atoms with Crippen molar-refractivity contribution in [1.29, 1.82) is 0 Å². The van der Waals surface area contributed by atoms with Gasteiger partial charge in [-0.1, -0.05) is 13.8 Å². The van der Waals surface area contributed by atoms with Gasteiger partial charge < -0.3 is 4.90 Å². The summed E-state index contributed by atoms with van der Waals surface area (Å²) in [5, 5.41) is 4.14. The van der Waals surface area contributed by atoms with E-state index in [4.69, 9.17) is 0 Å². The van der Waals surface area contributed by atoms with E-state index in [2.05, 4.69) is 16.9 Å². The van der Waals surface area contributed by atoms with Crippen molar-refractivity contribution in [3.8, 4) is 0 Å². The van der Waals surface area contributed by atoms with Crippen LogP contribution in [0.15, 0.2) is 17.1 Å². The van der Waals surface area contributed by atoms with Gasteiger partial charge in [0, 0.05) is 25.6 Å². The first-order chi connectivity index (χ1) is 9.60. The number of carbonyl (C=O) groups is 1. The Bertz CT molecular complexity index is 516. The fraction of sp³-hybridized carbons (Fsp3) is 0.667. The van der Waals surface area contributed by atoms with Gasteiger partial charge in [0.2, 0.25) is 0 Å². The predicted molar refractivity (Wildman–Crippen MR) is 79.0 cm³/mol. The molecule has 0 bridgehead atoms. The number of ketones is 1. The molecule has 0 aromatic carbocycles. The number of aromatic nitrogens is 2. The Balaban J connectivity index is 2.06. The van der Waals surface area contributed by atoms with Crippen molar-refractivity contribution in [2.75, 3.05) is 18.0 Å². The summed E-state index contributed by atoms with van der Waals surface area (Å²) in [7, 11) is 0. The topological polar surface area (TPSA) is 55.2 Å². The second-order valence-electron chi connectivity index (χ2n) is 5.67. The summed E-state index contributed by atoms with van der Waals surface area (Å²) in [5.74, 6) is 0.813. The summed E-state index contributed by atoms with van der Waals surface area (Å²) in [4.78, 5) is 25.8. The molecule has 1 aliphatic heterocycles. The van der Waals surface area contributed by atoms with Gasteiger partial charge in [0.1, 0.15) is 6.54 Å². The number of anilines is 1. The minimum absolute atomic E-state index is 0.0571. The smallest absolute Gasteiger partial charge is 0.269 e. The number of Topliss-reactive ketones (excluding diaryl/α,β-unsaturated/α-hetero) is 1. The predicted octanol–water partition coefficient (Wildman–Crippen LogP) is 1.85. The average molecular weight is 277 g/mol. The molecule has 20 heavy (non-hydrogen) atoms. The molecule has 110 valence electrons. The van der Waals surface area contributed by atoms with Gasteiger partial charge in [0.05, 0.1) is 11.9 Å². The average Bonchev–Trinajstić information content (AvgIpc) is 2.42. The highest BCUT2D eigenvalue weighted by molar-refractivity contribution is 5.77. The molecule has 2 rings (SSSR count). The Hall–Kier alpha value is -1.65. The van der Waals surface area contributed by atoms with Gasteiger partial charge in [-0.3, -0.25) is 9.59 Å². The highest BCUT2D eigenvalue weighted by Crippen LogP contribution is 2.20. The van der Waals surface area contributed by atoms with E-state index in [1.165, 1.54) is 4.68 Å². The molecular formula is C15H23N3O2. The Morgan fingerprint density at radius 2 is 2.10 bits per heavy atom. The van der Waals surface area contributed by atoms with Crippen molar-refractivity contribution in [1.82, 2.24) is 9.78 Å². The quantitative estimate of drug-likeness (QED) is 0.824. The Labute approximate surface area is 119 Å². The summed E-state index contributed by atoms with van der Waals surface area (Å²) in [6.07, 6.45) is 5.31. The van der Waals surface area contributed by atoms with E-state index >= 15 is 0 Å². The Morgan fingerprint density at radius 1 is 1.40 bits per heavy atom. The molecule has 1 aromatic rings. The second-order valence-corrected chi connectivity index (χ2v) is 5.67. The van der Waals surface area contributed by atoms with E-state index < -0.39 is 0 Å². The van der Waals surface area contributed by atoms with Crippen LogP contribution in [0.5, 0.6) is 0 Å². The minimum atomic E-state index is -0.189. The van der Waals surface area contributed by atoms with Gasteiger partial charge in [0.15, 0.2) is 5.78 Å². The molecule has 0 amide bonds. The second kappa shape index (κ2) is 6.68. The Kier molecular flexibility index (Phi) is 4.93. The molecule has 0 radical (unpaired) electrons. The standard InChI is InChI=1S/C15H23N3O2/c1-3-4-14(19)11-18-15(20)9-13(10-16-18)17-7-5-12(2)6-8-17/h9-10,12H,3-8,11H2,1-2H3. The Morgan fingerprint density at radius 3 is 2.70 bits per heavy atom. The maximum absolute atomic E-state index is 12.0. The molecule has 5 heteroatoms. The molecule has 1 aromatic heterocycles. The van der Waals surface area contributed by atoms with Gasteiger partial charge in [-0.15, -0.1) is 0 Å². The van der Waals surface area contributed by atoms with Crippen molar-refractivity contribution < 1.29 is 4.79 Å². The van der Waals surface area contributed by atoms with Crippen LogP contribution < -0.4 is 10.5 Å². The van der Waals surface area contributed by atoms with Crippen LogP contribution in [-0.4, -0.2) is 28.7 Å². The summed E-state index contributed by atoms with van der Waals surface area (Å²) in [6.45, 7) is 6.24. The molecule has 5 nitrogen and oxygen atoms in total. The third-order valence-corrected chi connectivity index (χ3v) is 3.86. The lowest BCUT2D eigenvalue weighted by Gasteiger charge is -2.31. The van der Waals surface area contributed by atoms with E-state index in [1.54, 1.807) is 12.3 Å². The number of rotatable bonds is 5. The first kappa shape index (κ1) is 14.8. The van der Waals surface area contributed by atoms with Crippen LogP contribution in [0.1, 0.15) is 39.5 Å². The zero-order chi connectivity index (χ0) is 14.5. The van der Waals surface area contributed by atoms with Gasteiger partial charge in [0.25, 0.3) is 5.56 Å². The third-order valence-electron chi connectivity index (χ3n) is 3.86.